The van der Waals surface area contributed by atoms with E-state index in [1.54, 1.807) is 49.4 Å². The van der Waals surface area contributed by atoms with Gasteiger partial charge in [-0.1, -0.05) is 60.3 Å². The van der Waals surface area contributed by atoms with Gasteiger partial charge in [-0.25, -0.2) is 8.42 Å². The van der Waals surface area contributed by atoms with E-state index in [9.17, 15) is 18.0 Å². The molecule has 36 heavy (non-hydrogen) atoms. The number of rotatable bonds is 11. The highest BCUT2D eigenvalue weighted by Crippen LogP contribution is 2.25. The average molecular weight is 555 g/mol. The Labute approximate surface area is 223 Å². The Morgan fingerprint density at radius 2 is 1.72 bits per heavy atom. The van der Waals surface area contributed by atoms with Crippen molar-refractivity contribution in [1.29, 1.82) is 0 Å². The van der Waals surface area contributed by atoms with E-state index in [1.165, 1.54) is 9.21 Å². The largest absolute Gasteiger partial charge is 0.352 e. The van der Waals surface area contributed by atoms with Gasteiger partial charge in [-0.2, -0.15) is 0 Å². The van der Waals surface area contributed by atoms with Gasteiger partial charge >= 0.3 is 0 Å². The number of sulfonamides is 1. The summed E-state index contributed by atoms with van der Waals surface area (Å²) in [6, 6.07) is 13.3. The number of carbonyl (C=O) groups excluding carboxylic acids is 2. The van der Waals surface area contributed by atoms with E-state index in [1.807, 2.05) is 6.07 Å². The van der Waals surface area contributed by atoms with Crippen molar-refractivity contribution in [3.8, 4) is 0 Å². The molecule has 0 aliphatic heterocycles. The van der Waals surface area contributed by atoms with Crippen molar-refractivity contribution in [2.24, 2.45) is 0 Å². The molecule has 0 heterocycles. The predicted octanol–water partition coefficient (Wildman–Crippen LogP) is 5.02. The minimum Gasteiger partial charge on any atom is -0.352 e. The molecule has 3 rings (SSSR count). The zero-order valence-corrected chi connectivity index (χ0v) is 23.0. The number of anilines is 1. The minimum absolute atomic E-state index is 0.0845. The summed E-state index contributed by atoms with van der Waals surface area (Å²) in [6.07, 6.45) is 5.59. The van der Waals surface area contributed by atoms with Crippen LogP contribution in [0.4, 0.5) is 5.69 Å². The van der Waals surface area contributed by atoms with Crippen LogP contribution in [0.2, 0.25) is 10.0 Å². The fourth-order valence-corrected chi connectivity index (χ4v) is 5.69. The normalized spacial score (nSPS) is 14.9. The van der Waals surface area contributed by atoms with Crippen LogP contribution < -0.4 is 9.62 Å². The van der Waals surface area contributed by atoms with Gasteiger partial charge in [0, 0.05) is 25.6 Å². The fraction of sp³-hybridized carbons (Fsp3) is 0.462. The number of hydrogen-bond acceptors (Lipinski definition) is 4. The Hall–Kier alpha value is -2.29. The van der Waals surface area contributed by atoms with Gasteiger partial charge in [0.25, 0.3) is 0 Å². The van der Waals surface area contributed by atoms with Crippen LogP contribution in [-0.4, -0.2) is 50.0 Å². The van der Waals surface area contributed by atoms with Crippen molar-refractivity contribution in [3.05, 3.63) is 64.1 Å². The molecule has 10 heteroatoms. The summed E-state index contributed by atoms with van der Waals surface area (Å²) in [4.78, 5) is 27.9. The highest BCUT2D eigenvalue weighted by atomic mass is 35.5. The molecular formula is C26H33Cl2N3O4S. The number of carbonyl (C=O) groups is 2. The smallest absolute Gasteiger partial charge is 0.242 e. The second kappa shape index (κ2) is 12.8. The number of nitrogens with one attached hydrogen (secondary N) is 1. The maximum absolute atomic E-state index is 13.4. The number of halogens is 2. The van der Waals surface area contributed by atoms with Gasteiger partial charge in [0.1, 0.15) is 6.04 Å². The van der Waals surface area contributed by atoms with Crippen LogP contribution in [0.5, 0.6) is 0 Å². The summed E-state index contributed by atoms with van der Waals surface area (Å²) in [7, 11) is -3.52. The first-order valence-corrected chi connectivity index (χ1v) is 14.7. The Morgan fingerprint density at radius 1 is 1.06 bits per heavy atom. The Kier molecular flexibility index (Phi) is 10.0. The molecule has 1 fully saturated rings. The molecule has 0 saturated heterocycles. The molecule has 2 aromatic carbocycles. The maximum Gasteiger partial charge on any atom is 0.242 e. The van der Waals surface area contributed by atoms with E-state index in [0.29, 0.717) is 22.2 Å². The lowest BCUT2D eigenvalue weighted by molar-refractivity contribution is -0.141. The van der Waals surface area contributed by atoms with E-state index in [0.717, 1.165) is 37.5 Å². The van der Waals surface area contributed by atoms with Crippen LogP contribution in [0, 0.1) is 0 Å². The molecule has 7 nitrogen and oxygen atoms in total. The molecule has 1 saturated carbocycles. The lowest BCUT2D eigenvalue weighted by Crippen LogP contribution is -2.49. The van der Waals surface area contributed by atoms with Gasteiger partial charge in [-0.05, 0) is 56.0 Å². The molecule has 2 aromatic rings. The monoisotopic (exact) mass is 553 g/mol. The van der Waals surface area contributed by atoms with Crippen molar-refractivity contribution < 1.29 is 18.0 Å². The molecule has 1 atom stereocenters. The van der Waals surface area contributed by atoms with Gasteiger partial charge in [-0.15, -0.1) is 0 Å². The predicted molar refractivity (Wildman–Crippen MR) is 145 cm³/mol. The zero-order valence-electron chi connectivity index (χ0n) is 20.6. The molecule has 0 radical (unpaired) electrons. The van der Waals surface area contributed by atoms with Crippen molar-refractivity contribution in [1.82, 2.24) is 10.2 Å². The second-order valence-electron chi connectivity index (χ2n) is 9.21. The third-order valence-electron chi connectivity index (χ3n) is 6.40. The Morgan fingerprint density at radius 3 is 2.33 bits per heavy atom. The van der Waals surface area contributed by atoms with Gasteiger partial charge in [0.15, 0.2) is 0 Å². The van der Waals surface area contributed by atoms with E-state index in [4.69, 9.17) is 23.2 Å². The first-order valence-electron chi connectivity index (χ1n) is 12.1. The summed E-state index contributed by atoms with van der Waals surface area (Å²) in [6.45, 7) is 2.05. The average Bonchev–Trinajstić information content (AvgIpc) is 3.34. The van der Waals surface area contributed by atoms with Crippen LogP contribution in [0.15, 0.2) is 48.5 Å². The number of amides is 2. The van der Waals surface area contributed by atoms with Crippen molar-refractivity contribution in [2.45, 2.75) is 64.1 Å². The number of benzene rings is 2. The number of hydrogen-bond donors (Lipinski definition) is 1. The van der Waals surface area contributed by atoms with Crippen LogP contribution in [0.25, 0.3) is 0 Å². The highest BCUT2D eigenvalue weighted by molar-refractivity contribution is 7.92. The van der Waals surface area contributed by atoms with E-state index >= 15 is 0 Å². The number of nitrogens with zero attached hydrogens (tertiary/aromatic N) is 2. The lowest BCUT2D eigenvalue weighted by atomic mass is 10.1. The van der Waals surface area contributed by atoms with Gasteiger partial charge in [-0.3, -0.25) is 13.9 Å². The molecule has 1 aliphatic carbocycles. The Balaban J connectivity index is 1.72. The summed E-state index contributed by atoms with van der Waals surface area (Å²) >= 11 is 12.2. The second-order valence-corrected chi connectivity index (χ2v) is 11.9. The minimum atomic E-state index is -3.52. The Bertz CT molecular complexity index is 1160. The van der Waals surface area contributed by atoms with Gasteiger partial charge < -0.3 is 10.2 Å². The molecule has 0 spiro atoms. The van der Waals surface area contributed by atoms with E-state index in [-0.39, 0.29) is 37.4 Å². The van der Waals surface area contributed by atoms with E-state index < -0.39 is 16.1 Å². The SMILES string of the molecule is C[C@H](C(=O)NC1CCCC1)N(Cc1ccc(Cl)c(Cl)c1)C(=O)CCCN(c1ccccc1)S(C)(=O)=O. The van der Waals surface area contributed by atoms with Crippen molar-refractivity contribution in [2.75, 3.05) is 17.1 Å². The number of para-hydroxylation sites is 1. The molecule has 2 amide bonds. The third kappa shape index (κ3) is 7.85. The van der Waals surface area contributed by atoms with Crippen LogP contribution in [-0.2, 0) is 26.2 Å². The molecule has 196 valence electrons. The van der Waals surface area contributed by atoms with Gasteiger partial charge in [0.2, 0.25) is 21.8 Å². The first-order chi connectivity index (χ1) is 17.1. The molecule has 0 unspecified atom stereocenters. The topological polar surface area (TPSA) is 86.8 Å². The molecule has 0 aromatic heterocycles. The van der Waals surface area contributed by atoms with Crippen molar-refractivity contribution >= 4 is 50.7 Å². The fourth-order valence-electron chi connectivity index (χ4n) is 4.41. The summed E-state index contributed by atoms with van der Waals surface area (Å²) in [5.74, 6) is -0.436. The first kappa shape index (κ1) is 28.3. The van der Waals surface area contributed by atoms with Crippen LogP contribution >= 0.6 is 23.2 Å². The van der Waals surface area contributed by atoms with Gasteiger partial charge in [0.05, 0.1) is 22.0 Å². The molecule has 1 aliphatic rings. The lowest BCUT2D eigenvalue weighted by Gasteiger charge is -2.30. The van der Waals surface area contributed by atoms with Crippen LogP contribution in [0.3, 0.4) is 0 Å². The standard InChI is InChI=1S/C26H33Cl2N3O4S/c1-19(26(33)29-21-9-6-7-10-21)30(18-20-14-15-23(27)24(28)17-20)25(32)13-8-16-31(36(2,34)35)22-11-4-3-5-12-22/h3-5,11-12,14-15,17,19,21H,6-10,13,16,18H2,1-2H3,(H,29,33)/t19-/m1/s1. The van der Waals surface area contributed by atoms with Crippen LogP contribution in [0.1, 0.15) is 51.0 Å². The molecular weight excluding hydrogens is 521 g/mol. The van der Waals surface area contributed by atoms with Crippen molar-refractivity contribution in [3.63, 3.8) is 0 Å². The maximum atomic E-state index is 13.4. The summed E-state index contributed by atoms with van der Waals surface area (Å²) in [5, 5.41) is 3.85. The molecule has 0 bridgehead atoms. The third-order valence-corrected chi connectivity index (χ3v) is 8.34. The van der Waals surface area contributed by atoms with E-state index in [2.05, 4.69) is 5.32 Å². The summed E-state index contributed by atoms with van der Waals surface area (Å²) < 4.78 is 26.0. The zero-order chi connectivity index (χ0) is 26.3. The quantitative estimate of drug-likeness (QED) is 0.423. The molecule has 1 N–H and O–H groups in total. The summed E-state index contributed by atoms with van der Waals surface area (Å²) in [5.41, 5.74) is 1.30. The highest BCUT2D eigenvalue weighted by Gasteiger charge is 2.29.